The van der Waals surface area contributed by atoms with Gasteiger partial charge in [-0.25, -0.2) is 0 Å². The number of nitrogens with two attached hydrogens (primary N) is 1. The van der Waals surface area contributed by atoms with E-state index in [0.29, 0.717) is 24.3 Å². The summed E-state index contributed by atoms with van der Waals surface area (Å²) in [6.45, 7) is 5.80. The van der Waals surface area contributed by atoms with Gasteiger partial charge in [-0.2, -0.15) is 0 Å². The third-order valence-electron chi connectivity index (χ3n) is 4.97. The molecule has 0 atom stereocenters. The standard InChI is InChI=1S/C21H27N3O3/c1-15-4-5-17(22)12-20(15)21(25)24-8-6-23(7-9-24)14-16-10-18(26-2)13-19(11-16)27-3/h4-5,10-13H,6-9,14,22H2,1-3H3. The first-order valence-corrected chi connectivity index (χ1v) is 9.10. The predicted molar refractivity (Wildman–Crippen MR) is 106 cm³/mol. The van der Waals surface area contributed by atoms with Crippen molar-refractivity contribution in [1.29, 1.82) is 0 Å². The lowest BCUT2D eigenvalue weighted by molar-refractivity contribution is 0.0627. The molecule has 3 rings (SSSR count). The average molecular weight is 369 g/mol. The number of anilines is 1. The fourth-order valence-electron chi connectivity index (χ4n) is 3.37. The van der Waals surface area contributed by atoms with Gasteiger partial charge >= 0.3 is 0 Å². The van der Waals surface area contributed by atoms with Crippen molar-refractivity contribution in [3.63, 3.8) is 0 Å². The molecule has 0 aromatic heterocycles. The number of carbonyl (C=O) groups is 1. The summed E-state index contributed by atoms with van der Waals surface area (Å²) in [7, 11) is 3.31. The monoisotopic (exact) mass is 369 g/mol. The molecule has 0 bridgehead atoms. The second-order valence-electron chi connectivity index (χ2n) is 6.86. The summed E-state index contributed by atoms with van der Waals surface area (Å²) in [6, 6.07) is 11.4. The van der Waals surface area contributed by atoms with E-state index in [1.54, 1.807) is 20.3 Å². The summed E-state index contributed by atoms with van der Waals surface area (Å²) in [6.07, 6.45) is 0. The molecular formula is C21H27N3O3. The molecule has 1 amide bonds. The first-order chi connectivity index (χ1) is 13.0. The summed E-state index contributed by atoms with van der Waals surface area (Å²) < 4.78 is 10.7. The number of amides is 1. The minimum atomic E-state index is 0.0579. The molecule has 0 unspecified atom stereocenters. The number of aryl methyl sites for hydroxylation is 1. The van der Waals surface area contributed by atoms with Crippen molar-refractivity contribution in [2.24, 2.45) is 0 Å². The van der Waals surface area contributed by atoms with Crippen LogP contribution in [-0.4, -0.2) is 56.1 Å². The molecule has 6 heteroatoms. The highest BCUT2D eigenvalue weighted by molar-refractivity contribution is 5.96. The highest BCUT2D eigenvalue weighted by Gasteiger charge is 2.23. The van der Waals surface area contributed by atoms with Gasteiger partial charge in [0.1, 0.15) is 11.5 Å². The van der Waals surface area contributed by atoms with Gasteiger partial charge in [0, 0.05) is 50.0 Å². The molecule has 0 saturated carbocycles. The lowest BCUT2D eigenvalue weighted by Gasteiger charge is -2.35. The molecule has 1 aliphatic rings. The van der Waals surface area contributed by atoms with Crippen LogP contribution in [0.5, 0.6) is 11.5 Å². The van der Waals surface area contributed by atoms with E-state index >= 15 is 0 Å². The molecule has 1 aliphatic heterocycles. The number of benzene rings is 2. The maximum atomic E-state index is 12.8. The Kier molecular flexibility index (Phi) is 5.86. The zero-order valence-corrected chi connectivity index (χ0v) is 16.2. The van der Waals surface area contributed by atoms with E-state index in [0.717, 1.165) is 42.3 Å². The van der Waals surface area contributed by atoms with Crippen molar-refractivity contribution in [1.82, 2.24) is 9.80 Å². The minimum absolute atomic E-state index is 0.0579. The Bertz CT molecular complexity index is 792. The molecule has 27 heavy (non-hydrogen) atoms. The molecule has 0 radical (unpaired) electrons. The second kappa shape index (κ2) is 8.31. The molecule has 6 nitrogen and oxygen atoms in total. The number of hydrogen-bond donors (Lipinski definition) is 1. The highest BCUT2D eigenvalue weighted by atomic mass is 16.5. The Hall–Kier alpha value is -2.73. The zero-order valence-electron chi connectivity index (χ0n) is 16.2. The summed E-state index contributed by atoms with van der Waals surface area (Å²) in [5, 5.41) is 0. The Balaban J connectivity index is 1.62. The number of nitrogen functional groups attached to an aromatic ring is 1. The van der Waals surface area contributed by atoms with Gasteiger partial charge in [-0.05, 0) is 42.3 Å². The average Bonchev–Trinajstić information content (AvgIpc) is 2.69. The lowest BCUT2D eigenvalue weighted by atomic mass is 10.1. The van der Waals surface area contributed by atoms with Gasteiger partial charge in [0.25, 0.3) is 5.91 Å². The van der Waals surface area contributed by atoms with E-state index in [9.17, 15) is 4.79 Å². The minimum Gasteiger partial charge on any atom is -0.497 e. The molecule has 2 N–H and O–H groups in total. The van der Waals surface area contributed by atoms with Crippen molar-refractivity contribution in [2.75, 3.05) is 46.1 Å². The first kappa shape index (κ1) is 19.0. The van der Waals surface area contributed by atoms with Crippen LogP contribution in [0.4, 0.5) is 5.69 Å². The Morgan fingerprint density at radius 2 is 1.63 bits per heavy atom. The van der Waals surface area contributed by atoms with Crippen molar-refractivity contribution >= 4 is 11.6 Å². The third kappa shape index (κ3) is 4.52. The number of nitrogens with zero attached hydrogens (tertiary/aromatic N) is 2. The lowest BCUT2D eigenvalue weighted by Crippen LogP contribution is -2.48. The van der Waals surface area contributed by atoms with Gasteiger partial charge in [-0.1, -0.05) is 6.07 Å². The van der Waals surface area contributed by atoms with Crippen LogP contribution in [0.3, 0.4) is 0 Å². The van der Waals surface area contributed by atoms with Crippen LogP contribution in [-0.2, 0) is 6.54 Å². The fraction of sp³-hybridized carbons (Fsp3) is 0.381. The molecule has 1 heterocycles. The first-order valence-electron chi connectivity index (χ1n) is 9.10. The highest BCUT2D eigenvalue weighted by Crippen LogP contribution is 2.24. The van der Waals surface area contributed by atoms with Crippen molar-refractivity contribution in [3.8, 4) is 11.5 Å². The zero-order chi connectivity index (χ0) is 19.4. The van der Waals surface area contributed by atoms with Crippen LogP contribution in [0.15, 0.2) is 36.4 Å². The van der Waals surface area contributed by atoms with E-state index in [4.69, 9.17) is 15.2 Å². The maximum Gasteiger partial charge on any atom is 0.254 e. The smallest absolute Gasteiger partial charge is 0.254 e. The number of hydrogen-bond acceptors (Lipinski definition) is 5. The van der Waals surface area contributed by atoms with Crippen molar-refractivity contribution < 1.29 is 14.3 Å². The molecule has 0 aliphatic carbocycles. The van der Waals surface area contributed by atoms with Crippen LogP contribution >= 0.6 is 0 Å². The normalized spacial score (nSPS) is 14.9. The van der Waals surface area contributed by atoms with Gasteiger partial charge in [0.05, 0.1) is 14.2 Å². The third-order valence-corrected chi connectivity index (χ3v) is 4.97. The summed E-state index contributed by atoms with van der Waals surface area (Å²) in [5.74, 6) is 1.63. The van der Waals surface area contributed by atoms with Gasteiger partial charge in [0.2, 0.25) is 0 Å². The Labute approximate surface area is 160 Å². The van der Waals surface area contributed by atoms with Crippen LogP contribution in [0, 0.1) is 6.92 Å². The Morgan fingerprint density at radius 3 is 2.22 bits per heavy atom. The van der Waals surface area contributed by atoms with Crippen LogP contribution in [0.25, 0.3) is 0 Å². The number of carbonyl (C=O) groups excluding carboxylic acids is 1. The van der Waals surface area contributed by atoms with Crippen LogP contribution in [0.2, 0.25) is 0 Å². The molecular weight excluding hydrogens is 342 g/mol. The van der Waals surface area contributed by atoms with Gasteiger partial charge in [-0.3, -0.25) is 9.69 Å². The quantitative estimate of drug-likeness (QED) is 0.821. The van der Waals surface area contributed by atoms with E-state index < -0.39 is 0 Å². The predicted octanol–water partition coefficient (Wildman–Crippen LogP) is 2.55. The number of piperazine rings is 1. The SMILES string of the molecule is COc1cc(CN2CCN(C(=O)c3cc(N)ccc3C)CC2)cc(OC)c1. The topological polar surface area (TPSA) is 68.0 Å². The number of rotatable bonds is 5. The maximum absolute atomic E-state index is 12.8. The molecule has 0 spiro atoms. The summed E-state index contributed by atoms with van der Waals surface area (Å²) >= 11 is 0. The largest absolute Gasteiger partial charge is 0.497 e. The fourth-order valence-corrected chi connectivity index (χ4v) is 3.37. The number of ether oxygens (including phenoxy) is 2. The Morgan fingerprint density at radius 1 is 1.00 bits per heavy atom. The van der Waals surface area contributed by atoms with E-state index in [1.165, 1.54) is 0 Å². The molecule has 2 aromatic carbocycles. The van der Waals surface area contributed by atoms with E-state index in [2.05, 4.69) is 4.90 Å². The number of methoxy groups -OCH3 is 2. The van der Waals surface area contributed by atoms with E-state index in [1.807, 2.05) is 42.2 Å². The summed E-state index contributed by atoms with van der Waals surface area (Å²) in [4.78, 5) is 17.1. The second-order valence-corrected chi connectivity index (χ2v) is 6.86. The van der Waals surface area contributed by atoms with Gasteiger partial charge < -0.3 is 20.1 Å². The summed E-state index contributed by atoms with van der Waals surface area (Å²) in [5.41, 5.74) is 9.26. The van der Waals surface area contributed by atoms with Crippen molar-refractivity contribution in [3.05, 3.63) is 53.1 Å². The molecule has 2 aromatic rings. The molecule has 144 valence electrons. The van der Waals surface area contributed by atoms with Crippen LogP contribution in [0.1, 0.15) is 21.5 Å². The van der Waals surface area contributed by atoms with E-state index in [-0.39, 0.29) is 5.91 Å². The van der Waals surface area contributed by atoms with Crippen LogP contribution < -0.4 is 15.2 Å². The van der Waals surface area contributed by atoms with Gasteiger partial charge in [-0.15, -0.1) is 0 Å². The van der Waals surface area contributed by atoms with Gasteiger partial charge in [0.15, 0.2) is 0 Å². The van der Waals surface area contributed by atoms with Crippen molar-refractivity contribution in [2.45, 2.75) is 13.5 Å². The molecule has 1 fully saturated rings. The molecule has 1 saturated heterocycles.